The van der Waals surface area contributed by atoms with Gasteiger partial charge >= 0.3 is 0 Å². The van der Waals surface area contributed by atoms with Crippen LogP contribution in [0.1, 0.15) is 36.8 Å². The van der Waals surface area contributed by atoms with Crippen molar-refractivity contribution in [1.82, 2.24) is 9.97 Å². The molecule has 4 heteroatoms. The van der Waals surface area contributed by atoms with Crippen LogP contribution in [-0.4, -0.2) is 17.1 Å². The number of aryl methyl sites for hydroxylation is 1. The number of hydrogen-bond donors (Lipinski definition) is 1. The summed E-state index contributed by atoms with van der Waals surface area (Å²) in [6, 6.07) is 0. The first-order valence-corrected chi connectivity index (χ1v) is 4.71. The molecule has 2 N–H and O–H groups in total. The van der Waals surface area contributed by atoms with Crippen molar-refractivity contribution in [2.24, 2.45) is 5.73 Å². The van der Waals surface area contributed by atoms with Gasteiger partial charge in [-0.05, 0) is 12.8 Å². The highest BCUT2D eigenvalue weighted by Crippen LogP contribution is 2.23. The number of methoxy groups -OCH3 is 1. The maximum atomic E-state index is 5.65. The van der Waals surface area contributed by atoms with Crippen LogP contribution < -0.4 is 10.5 Å². The van der Waals surface area contributed by atoms with E-state index in [9.17, 15) is 0 Å². The van der Waals surface area contributed by atoms with E-state index in [1.54, 1.807) is 7.11 Å². The highest BCUT2D eigenvalue weighted by Gasteiger charge is 2.14. The number of aromatic nitrogens is 2. The third kappa shape index (κ3) is 2.01. The average molecular weight is 195 g/mol. The largest absolute Gasteiger partial charge is 0.481 e. The maximum absolute atomic E-state index is 5.65. The van der Waals surface area contributed by atoms with Crippen LogP contribution in [0.5, 0.6) is 5.88 Å². The fourth-order valence-electron chi connectivity index (χ4n) is 1.43. The lowest BCUT2D eigenvalue weighted by atomic mass is 10.0. The van der Waals surface area contributed by atoms with Gasteiger partial charge in [-0.15, -0.1) is 0 Å². The van der Waals surface area contributed by atoms with E-state index in [0.29, 0.717) is 18.3 Å². The van der Waals surface area contributed by atoms with Gasteiger partial charge < -0.3 is 10.5 Å². The number of hydrogen-bond acceptors (Lipinski definition) is 4. The number of rotatable bonds is 3. The Kier molecular flexibility index (Phi) is 3.41. The highest BCUT2D eigenvalue weighted by atomic mass is 16.5. The molecule has 1 rings (SSSR count). The third-order valence-electron chi connectivity index (χ3n) is 2.06. The molecule has 0 aliphatic rings. The molecule has 0 bridgehead atoms. The van der Waals surface area contributed by atoms with Gasteiger partial charge in [0.1, 0.15) is 5.82 Å². The Bertz CT molecular complexity index is 323. The van der Waals surface area contributed by atoms with Gasteiger partial charge in [0.05, 0.1) is 12.8 Å². The molecule has 1 aromatic heterocycles. The molecular formula is C10H17N3O. The van der Waals surface area contributed by atoms with Gasteiger partial charge in [-0.1, -0.05) is 13.8 Å². The summed E-state index contributed by atoms with van der Waals surface area (Å²) in [5, 5.41) is 0. The molecule has 0 atom stereocenters. The Labute approximate surface area is 84.5 Å². The first-order chi connectivity index (χ1) is 6.60. The predicted molar refractivity (Wildman–Crippen MR) is 55.3 cm³/mol. The smallest absolute Gasteiger partial charge is 0.221 e. The molecule has 0 radical (unpaired) electrons. The van der Waals surface area contributed by atoms with Crippen molar-refractivity contribution >= 4 is 0 Å². The zero-order valence-corrected chi connectivity index (χ0v) is 9.16. The molecule has 14 heavy (non-hydrogen) atoms. The van der Waals surface area contributed by atoms with Gasteiger partial charge in [-0.25, -0.2) is 4.98 Å². The van der Waals surface area contributed by atoms with Gasteiger partial charge in [-0.2, -0.15) is 4.98 Å². The van der Waals surface area contributed by atoms with Crippen LogP contribution in [0.3, 0.4) is 0 Å². The Morgan fingerprint density at radius 1 is 1.36 bits per heavy atom. The minimum Gasteiger partial charge on any atom is -0.481 e. The van der Waals surface area contributed by atoms with Crippen LogP contribution in [0.4, 0.5) is 0 Å². The minimum atomic E-state index is 0.337. The lowest BCUT2D eigenvalue weighted by Crippen LogP contribution is -2.10. The molecule has 78 valence electrons. The monoisotopic (exact) mass is 195 g/mol. The van der Waals surface area contributed by atoms with Crippen molar-refractivity contribution in [3.63, 3.8) is 0 Å². The molecule has 0 aliphatic carbocycles. The quantitative estimate of drug-likeness (QED) is 0.791. The molecular weight excluding hydrogens is 178 g/mol. The van der Waals surface area contributed by atoms with E-state index < -0.39 is 0 Å². The highest BCUT2D eigenvalue weighted by molar-refractivity contribution is 5.32. The maximum Gasteiger partial charge on any atom is 0.221 e. The van der Waals surface area contributed by atoms with E-state index >= 15 is 0 Å². The SMILES string of the molecule is COc1nc(C)nc(C(C)C)c1CN. The van der Waals surface area contributed by atoms with Crippen molar-refractivity contribution in [3.8, 4) is 5.88 Å². The zero-order valence-electron chi connectivity index (χ0n) is 9.16. The Morgan fingerprint density at radius 2 is 2.00 bits per heavy atom. The molecule has 0 unspecified atom stereocenters. The summed E-state index contributed by atoms with van der Waals surface area (Å²) < 4.78 is 5.18. The van der Waals surface area contributed by atoms with Crippen LogP contribution in [-0.2, 0) is 6.54 Å². The van der Waals surface area contributed by atoms with Gasteiger partial charge in [0.25, 0.3) is 0 Å². The number of nitrogens with two attached hydrogens (primary N) is 1. The minimum absolute atomic E-state index is 0.337. The number of ether oxygens (including phenoxy) is 1. The summed E-state index contributed by atoms with van der Waals surface area (Å²) in [7, 11) is 1.60. The second-order valence-electron chi connectivity index (χ2n) is 3.50. The van der Waals surface area contributed by atoms with Gasteiger partial charge in [-0.3, -0.25) is 0 Å². The van der Waals surface area contributed by atoms with Crippen molar-refractivity contribution < 1.29 is 4.74 Å². The molecule has 0 aromatic carbocycles. The van der Waals surface area contributed by atoms with Crippen molar-refractivity contribution in [3.05, 3.63) is 17.1 Å². The topological polar surface area (TPSA) is 61.0 Å². The van der Waals surface area contributed by atoms with Crippen LogP contribution in [0, 0.1) is 6.92 Å². The molecule has 0 fully saturated rings. The summed E-state index contributed by atoms with van der Waals surface area (Å²) in [4.78, 5) is 8.57. The Balaban J connectivity index is 3.31. The fourth-order valence-corrected chi connectivity index (χ4v) is 1.43. The normalized spacial score (nSPS) is 10.7. The molecule has 0 saturated carbocycles. The fraction of sp³-hybridized carbons (Fsp3) is 0.600. The van der Waals surface area contributed by atoms with Crippen LogP contribution in [0.25, 0.3) is 0 Å². The second-order valence-corrected chi connectivity index (χ2v) is 3.50. The van der Waals surface area contributed by atoms with E-state index in [1.165, 1.54) is 0 Å². The van der Waals surface area contributed by atoms with Crippen molar-refractivity contribution in [2.75, 3.05) is 7.11 Å². The molecule has 1 aromatic rings. The number of nitrogens with zero attached hydrogens (tertiary/aromatic N) is 2. The zero-order chi connectivity index (χ0) is 10.7. The van der Waals surface area contributed by atoms with Gasteiger partial charge in [0.15, 0.2) is 0 Å². The lowest BCUT2D eigenvalue weighted by Gasteiger charge is -2.13. The molecule has 0 amide bonds. The molecule has 1 heterocycles. The summed E-state index contributed by atoms with van der Waals surface area (Å²) in [6.07, 6.45) is 0. The van der Waals surface area contributed by atoms with Crippen LogP contribution >= 0.6 is 0 Å². The molecule has 0 aliphatic heterocycles. The Hall–Kier alpha value is -1.16. The summed E-state index contributed by atoms with van der Waals surface area (Å²) in [6.45, 7) is 6.44. The molecule has 0 spiro atoms. The standard InChI is InChI=1S/C10H17N3O/c1-6(2)9-8(5-11)10(14-4)13-7(3)12-9/h6H,5,11H2,1-4H3. The summed E-state index contributed by atoms with van der Waals surface area (Å²) in [5.74, 6) is 1.66. The van der Waals surface area contributed by atoms with Crippen molar-refractivity contribution in [1.29, 1.82) is 0 Å². The predicted octanol–water partition coefficient (Wildman–Crippen LogP) is 1.38. The van der Waals surface area contributed by atoms with Gasteiger partial charge in [0, 0.05) is 12.1 Å². The average Bonchev–Trinajstić information content (AvgIpc) is 2.16. The van der Waals surface area contributed by atoms with E-state index in [4.69, 9.17) is 10.5 Å². The lowest BCUT2D eigenvalue weighted by molar-refractivity contribution is 0.388. The Morgan fingerprint density at radius 3 is 2.43 bits per heavy atom. The van der Waals surface area contributed by atoms with E-state index in [1.807, 2.05) is 6.92 Å². The third-order valence-corrected chi connectivity index (χ3v) is 2.06. The van der Waals surface area contributed by atoms with E-state index in [-0.39, 0.29) is 0 Å². The van der Waals surface area contributed by atoms with E-state index in [0.717, 1.165) is 17.1 Å². The molecule has 4 nitrogen and oxygen atoms in total. The van der Waals surface area contributed by atoms with Crippen molar-refractivity contribution in [2.45, 2.75) is 33.2 Å². The first kappa shape index (κ1) is 10.9. The van der Waals surface area contributed by atoms with E-state index in [2.05, 4.69) is 23.8 Å². The molecule has 0 saturated heterocycles. The summed E-state index contributed by atoms with van der Waals surface area (Å²) in [5.41, 5.74) is 7.55. The van der Waals surface area contributed by atoms with Gasteiger partial charge in [0.2, 0.25) is 5.88 Å². The van der Waals surface area contributed by atoms with Crippen LogP contribution in [0.15, 0.2) is 0 Å². The first-order valence-electron chi connectivity index (χ1n) is 4.71. The van der Waals surface area contributed by atoms with Crippen LogP contribution in [0.2, 0.25) is 0 Å². The summed E-state index contributed by atoms with van der Waals surface area (Å²) >= 11 is 0. The second kappa shape index (κ2) is 4.37.